The number of nitrogens with one attached hydrogen (secondary N) is 1. The molecule has 0 fully saturated rings. The second-order valence-corrected chi connectivity index (χ2v) is 6.34. The van der Waals surface area contributed by atoms with Crippen molar-refractivity contribution in [3.8, 4) is 11.3 Å². The van der Waals surface area contributed by atoms with Gasteiger partial charge in [-0.05, 0) is 31.0 Å². The summed E-state index contributed by atoms with van der Waals surface area (Å²) < 4.78 is 0. The van der Waals surface area contributed by atoms with E-state index in [-0.39, 0.29) is 5.91 Å². The Morgan fingerprint density at radius 2 is 1.87 bits per heavy atom. The van der Waals surface area contributed by atoms with Gasteiger partial charge in [-0.15, -0.1) is 11.3 Å². The van der Waals surface area contributed by atoms with Gasteiger partial charge < -0.3 is 5.32 Å². The molecule has 5 heteroatoms. The highest BCUT2D eigenvalue weighted by Gasteiger charge is 2.17. The lowest BCUT2D eigenvalue weighted by Crippen LogP contribution is -2.25. The number of aryl methyl sites for hydroxylation is 1. The third-order valence-corrected chi connectivity index (χ3v) is 4.41. The number of carbonyl (C=O) groups is 1. The minimum atomic E-state index is -0.0662. The van der Waals surface area contributed by atoms with E-state index in [4.69, 9.17) is 0 Å². The quantitative estimate of drug-likeness (QED) is 0.782. The van der Waals surface area contributed by atoms with Crippen molar-refractivity contribution in [3.05, 3.63) is 70.3 Å². The molecule has 0 unspecified atom stereocenters. The fraction of sp³-hybridized carbons (Fsp3) is 0.167. The second kappa shape index (κ2) is 7.15. The van der Waals surface area contributed by atoms with Crippen LogP contribution in [0.15, 0.2) is 54.9 Å². The molecule has 23 heavy (non-hydrogen) atoms. The Balaban J connectivity index is 1.70. The van der Waals surface area contributed by atoms with Gasteiger partial charge in [0.25, 0.3) is 5.91 Å². The first-order valence-corrected chi connectivity index (χ1v) is 8.25. The second-order valence-electron chi connectivity index (χ2n) is 5.14. The number of aromatic nitrogens is 2. The molecule has 0 saturated heterocycles. The number of amides is 1. The molecule has 1 amide bonds. The summed E-state index contributed by atoms with van der Waals surface area (Å²) in [6, 6.07) is 13.7. The van der Waals surface area contributed by atoms with Crippen molar-refractivity contribution in [2.24, 2.45) is 0 Å². The maximum atomic E-state index is 12.5. The number of nitrogens with zero attached hydrogens (tertiary/aromatic N) is 2. The lowest BCUT2D eigenvalue weighted by atomic mass is 10.1. The molecule has 0 radical (unpaired) electrons. The summed E-state index contributed by atoms with van der Waals surface area (Å²) >= 11 is 1.43. The number of carbonyl (C=O) groups excluding carboxylic acids is 1. The van der Waals surface area contributed by atoms with Crippen molar-refractivity contribution in [1.82, 2.24) is 15.3 Å². The molecule has 4 nitrogen and oxygen atoms in total. The van der Waals surface area contributed by atoms with Crippen molar-refractivity contribution in [2.45, 2.75) is 13.3 Å². The van der Waals surface area contributed by atoms with Crippen LogP contribution in [0, 0.1) is 6.92 Å². The van der Waals surface area contributed by atoms with E-state index in [1.807, 2.05) is 49.4 Å². The van der Waals surface area contributed by atoms with Gasteiger partial charge in [-0.25, -0.2) is 4.98 Å². The van der Waals surface area contributed by atoms with Crippen molar-refractivity contribution in [2.75, 3.05) is 6.54 Å². The first kappa shape index (κ1) is 15.4. The van der Waals surface area contributed by atoms with Crippen molar-refractivity contribution < 1.29 is 4.79 Å². The Labute approximate surface area is 139 Å². The smallest absolute Gasteiger partial charge is 0.263 e. The van der Waals surface area contributed by atoms with Crippen LogP contribution < -0.4 is 5.32 Å². The van der Waals surface area contributed by atoms with E-state index in [9.17, 15) is 4.79 Å². The number of hydrogen-bond donors (Lipinski definition) is 1. The number of pyridine rings is 1. The minimum absolute atomic E-state index is 0.0662. The van der Waals surface area contributed by atoms with Gasteiger partial charge in [-0.1, -0.05) is 30.3 Å². The molecule has 3 rings (SSSR count). The average molecular weight is 323 g/mol. The zero-order chi connectivity index (χ0) is 16.1. The predicted octanol–water partition coefficient (Wildman–Crippen LogP) is 3.49. The predicted molar refractivity (Wildman–Crippen MR) is 92.6 cm³/mol. The zero-order valence-corrected chi connectivity index (χ0v) is 13.6. The Morgan fingerprint density at radius 1 is 1.13 bits per heavy atom. The summed E-state index contributed by atoms with van der Waals surface area (Å²) in [5, 5.41) is 3.87. The van der Waals surface area contributed by atoms with Crippen LogP contribution in [0.5, 0.6) is 0 Å². The molecule has 0 aliphatic rings. The van der Waals surface area contributed by atoms with E-state index in [1.165, 1.54) is 11.3 Å². The van der Waals surface area contributed by atoms with Crippen molar-refractivity contribution >= 4 is 17.2 Å². The van der Waals surface area contributed by atoms with E-state index in [2.05, 4.69) is 15.3 Å². The van der Waals surface area contributed by atoms with Crippen LogP contribution in [0.3, 0.4) is 0 Å². The SMILES string of the molecule is Cc1nc(-c2ccccc2)c(C(=O)NCCc2ccncc2)s1. The van der Waals surface area contributed by atoms with Gasteiger partial charge in [0.2, 0.25) is 0 Å². The van der Waals surface area contributed by atoms with Crippen LogP contribution in [0.4, 0.5) is 0 Å². The fourth-order valence-electron chi connectivity index (χ4n) is 2.32. The Kier molecular flexibility index (Phi) is 4.78. The molecule has 0 aliphatic heterocycles. The van der Waals surface area contributed by atoms with E-state index >= 15 is 0 Å². The summed E-state index contributed by atoms with van der Waals surface area (Å²) in [5.41, 5.74) is 2.88. The topological polar surface area (TPSA) is 54.9 Å². The molecule has 1 aromatic carbocycles. The number of benzene rings is 1. The lowest BCUT2D eigenvalue weighted by molar-refractivity contribution is 0.0958. The minimum Gasteiger partial charge on any atom is -0.351 e. The van der Waals surface area contributed by atoms with Crippen LogP contribution in [-0.4, -0.2) is 22.4 Å². The van der Waals surface area contributed by atoms with Gasteiger partial charge >= 0.3 is 0 Å². The van der Waals surface area contributed by atoms with E-state index in [0.29, 0.717) is 11.4 Å². The van der Waals surface area contributed by atoms with Crippen LogP contribution >= 0.6 is 11.3 Å². The summed E-state index contributed by atoms with van der Waals surface area (Å²) in [6.07, 6.45) is 4.31. The summed E-state index contributed by atoms with van der Waals surface area (Å²) in [4.78, 5) is 21.7. The first-order chi connectivity index (χ1) is 11.2. The highest BCUT2D eigenvalue weighted by molar-refractivity contribution is 7.14. The largest absolute Gasteiger partial charge is 0.351 e. The Bertz CT molecular complexity index is 785. The number of rotatable bonds is 5. The lowest BCUT2D eigenvalue weighted by Gasteiger charge is -2.05. The third kappa shape index (κ3) is 3.81. The maximum Gasteiger partial charge on any atom is 0.263 e. The average Bonchev–Trinajstić information content (AvgIpc) is 2.98. The van der Waals surface area contributed by atoms with E-state index in [0.717, 1.165) is 28.2 Å². The van der Waals surface area contributed by atoms with Crippen molar-refractivity contribution in [3.63, 3.8) is 0 Å². The highest BCUT2D eigenvalue weighted by Crippen LogP contribution is 2.27. The standard InChI is InChI=1S/C18H17N3OS/c1-13-21-16(15-5-3-2-4-6-15)17(23-13)18(22)20-12-9-14-7-10-19-11-8-14/h2-8,10-11H,9,12H2,1H3,(H,20,22). The van der Waals surface area contributed by atoms with Gasteiger partial charge in [-0.2, -0.15) is 0 Å². The molecule has 0 spiro atoms. The molecule has 0 aliphatic carbocycles. The summed E-state index contributed by atoms with van der Waals surface area (Å²) in [7, 11) is 0. The molecule has 116 valence electrons. The summed E-state index contributed by atoms with van der Waals surface area (Å²) in [6.45, 7) is 2.51. The molecular formula is C18H17N3OS. The van der Waals surface area contributed by atoms with Crippen LogP contribution in [0.25, 0.3) is 11.3 Å². The number of thiazole rings is 1. The molecule has 0 atom stereocenters. The van der Waals surface area contributed by atoms with Crippen molar-refractivity contribution in [1.29, 1.82) is 0 Å². The highest BCUT2D eigenvalue weighted by atomic mass is 32.1. The maximum absolute atomic E-state index is 12.5. The molecule has 0 bridgehead atoms. The molecule has 0 saturated carbocycles. The van der Waals surface area contributed by atoms with Gasteiger partial charge in [0.1, 0.15) is 4.88 Å². The van der Waals surface area contributed by atoms with E-state index in [1.54, 1.807) is 12.4 Å². The van der Waals surface area contributed by atoms with Gasteiger partial charge in [0.05, 0.1) is 10.7 Å². The zero-order valence-electron chi connectivity index (χ0n) is 12.8. The molecule has 1 N–H and O–H groups in total. The van der Waals surface area contributed by atoms with Crippen LogP contribution in [0.2, 0.25) is 0 Å². The monoisotopic (exact) mass is 323 g/mol. The molecule has 2 aromatic heterocycles. The van der Waals surface area contributed by atoms with Crippen LogP contribution in [-0.2, 0) is 6.42 Å². The normalized spacial score (nSPS) is 10.5. The third-order valence-electron chi connectivity index (χ3n) is 3.44. The summed E-state index contributed by atoms with van der Waals surface area (Å²) in [5.74, 6) is -0.0662. The fourth-order valence-corrected chi connectivity index (χ4v) is 3.18. The Hall–Kier alpha value is -2.53. The Morgan fingerprint density at radius 3 is 2.61 bits per heavy atom. The van der Waals surface area contributed by atoms with Crippen LogP contribution in [0.1, 0.15) is 20.2 Å². The molecule has 2 heterocycles. The van der Waals surface area contributed by atoms with Gasteiger partial charge in [0.15, 0.2) is 0 Å². The first-order valence-electron chi connectivity index (χ1n) is 7.44. The molecule has 3 aromatic rings. The molecular weight excluding hydrogens is 306 g/mol. The van der Waals surface area contributed by atoms with E-state index < -0.39 is 0 Å². The van der Waals surface area contributed by atoms with Gasteiger partial charge in [0, 0.05) is 24.5 Å². The van der Waals surface area contributed by atoms with Gasteiger partial charge in [-0.3, -0.25) is 9.78 Å². The number of hydrogen-bond acceptors (Lipinski definition) is 4.